The van der Waals surface area contributed by atoms with Crippen molar-refractivity contribution in [3.63, 3.8) is 0 Å². The van der Waals surface area contributed by atoms with Crippen LogP contribution in [0.15, 0.2) is 47.4 Å². The molecule has 4 nitrogen and oxygen atoms in total. The van der Waals surface area contributed by atoms with Crippen LogP contribution in [0.2, 0.25) is 10.0 Å². The zero-order valence-corrected chi connectivity index (χ0v) is 17.8. The van der Waals surface area contributed by atoms with E-state index in [4.69, 9.17) is 27.9 Å². The number of benzene rings is 2. The van der Waals surface area contributed by atoms with Crippen molar-refractivity contribution in [2.24, 2.45) is 0 Å². The molecule has 1 heterocycles. The van der Waals surface area contributed by atoms with Crippen molar-refractivity contribution >= 4 is 52.2 Å². The average molecular weight is 436 g/mol. The number of hydrogen-bond donors (Lipinski definition) is 0. The second kappa shape index (κ2) is 9.03. The molecule has 0 N–H and O–H groups in total. The lowest BCUT2D eigenvalue weighted by molar-refractivity contribution is -0.123. The first-order valence-corrected chi connectivity index (χ1v) is 10.4. The number of ether oxygens (including phenoxy) is 1. The van der Waals surface area contributed by atoms with Crippen molar-refractivity contribution in [3.05, 3.63) is 68.5 Å². The molecule has 0 unspecified atom stereocenters. The lowest BCUT2D eigenvalue weighted by Crippen LogP contribution is -2.27. The molecule has 3 rings (SSSR count). The number of halogens is 2. The van der Waals surface area contributed by atoms with E-state index in [9.17, 15) is 9.59 Å². The predicted molar refractivity (Wildman–Crippen MR) is 115 cm³/mol. The van der Waals surface area contributed by atoms with Gasteiger partial charge in [-0.3, -0.25) is 14.5 Å². The minimum absolute atomic E-state index is 0.0333. The van der Waals surface area contributed by atoms with Gasteiger partial charge in [-0.1, -0.05) is 54.4 Å². The van der Waals surface area contributed by atoms with Gasteiger partial charge in [0.05, 0.1) is 17.6 Å². The molecule has 1 atom stereocenters. The summed E-state index contributed by atoms with van der Waals surface area (Å²) in [6.45, 7) is 4.06. The third kappa shape index (κ3) is 4.54. The van der Waals surface area contributed by atoms with Crippen LogP contribution >= 0.6 is 35.0 Å². The Bertz CT molecular complexity index is 925. The summed E-state index contributed by atoms with van der Waals surface area (Å²) < 4.78 is 5.92. The van der Waals surface area contributed by atoms with E-state index in [0.717, 1.165) is 28.6 Å². The maximum Gasteiger partial charge on any atom is 0.293 e. The third-order valence-electron chi connectivity index (χ3n) is 4.36. The van der Waals surface area contributed by atoms with Gasteiger partial charge in [-0.25, -0.2) is 0 Å². The molecule has 1 saturated heterocycles. The molecule has 0 bridgehead atoms. The first-order chi connectivity index (χ1) is 13.4. The van der Waals surface area contributed by atoms with Crippen molar-refractivity contribution in [2.75, 3.05) is 0 Å². The van der Waals surface area contributed by atoms with Gasteiger partial charge in [0.1, 0.15) is 5.75 Å². The minimum Gasteiger partial charge on any atom is -0.490 e. The number of thioether (sulfide) groups is 1. The second-order valence-electron chi connectivity index (χ2n) is 6.34. The van der Waals surface area contributed by atoms with Crippen LogP contribution in [0.25, 0.3) is 6.08 Å². The van der Waals surface area contributed by atoms with E-state index < -0.39 is 0 Å². The summed E-state index contributed by atoms with van der Waals surface area (Å²) in [6, 6.07) is 12.5. The highest BCUT2D eigenvalue weighted by Crippen LogP contribution is 2.36. The van der Waals surface area contributed by atoms with Gasteiger partial charge in [-0.05, 0) is 49.4 Å². The Kier molecular flexibility index (Phi) is 6.70. The van der Waals surface area contributed by atoms with Gasteiger partial charge in [0.2, 0.25) is 0 Å². The Morgan fingerprint density at radius 1 is 1.11 bits per heavy atom. The molecule has 7 heteroatoms. The molecule has 1 aliphatic rings. The second-order valence-corrected chi connectivity index (χ2v) is 8.15. The molecule has 28 heavy (non-hydrogen) atoms. The van der Waals surface area contributed by atoms with Gasteiger partial charge in [0, 0.05) is 21.2 Å². The predicted octanol–water partition coefficient (Wildman–Crippen LogP) is 6.41. The molecular formula is C21H19Cl2NO3S. The highest BCUT2D eigenvalue weighted by molar-refractivity contribution is 8.18. The summed E-state index contributed by atoms with van der Waals surface area (Å²) in [6.07, 6.45) is 2.60. The Morgan fingerprint density at radius 2 is 1.79 bits per heavy atom. The third-order valence-corrected chi connectivity index (χ3v) is 5.98. The summed E-state index contributed by atoms with van der Waals surface area (Å²) in [5, 5.41) is 0.484. The number of carbonyl (C=O) groups excluding carboxylic acids is 2. The van der Waals surface area contributed by atoms with Crippen molar-refractivity contribution in [1.29, 1.82) is 0 Å². The molecule has 0 spiro atoms. The Morgan fingerprint density at radius 3 is 2.46 bits per heavy atom. The number of amides is 2. The molecule has 0 aromatic heterocycles. The van der Waals surface area contributed by atoms with Gasteiger partial charge in [0.25, 0.3) is 11.1 Å². The van der Waals surface area contributed by atoms with Gasteiger partial charge >= 0.3 is 0 Å². The lowest BCUT2D eigenvalue weighted by atomic mass is 10.1. The highest BCUT2D eigenvalue weighted by Gasteiger charge is 2.36. The number of para-hydroxylation sites is 1. The molecule has 1 aliphatic heterocycles. The average Bonchev–Trinajstić information content (AvgIpc) is 2.93. The van der Waals surface area contributed by atoms with Crippen LogP contribution in [0.1, 0.15) is 31.4 Å². The van der Waals surface area contributed by atoms with E-state index in [2.05, 4.69) is 0 Å². The standard InChI is InChI=1S/C21H19Cl2NO3S/c1-3-13(2)27-18-10-5-4-7-14(18)11-19-20(25)24(21(26)28-19)12-15-16(22)8-6-9-17(15)23/h4-11,13H,3,12H2,1-2H3/b19-11+/t13-/m0/s1. The van der Waals surface area contributed by atoms with Crippen LogP contribution in [0, 0.1) is 0 Å². The van der Waals surface area contributed by atoms with Crippen molar-refractivity contribution in [2.45, 2.75) is 32.9 Å². The van der Waals surface area contributed by atoms with E-state index in [0.29, 0.717) is 26.3 Å². The smallest absolute Gasteiger partial charge is 0.293 e. The minimum atomic E-state index is -0.371. The first kappa shape index (κ1) is 20.8. The van der Waals surface area contributed by atoms with Crippen LogP contribution in [-0.2, 0) is 11.3 Å². The number of imide groups is 1. The summed E-state index contributed by atoms with van der Waals surface area (Å²) in [5.74, 6) is 0.308. The molecule has 2 aromatic carbocycles. The number of rotatable bonds is 6. The van der Waals surface area contributed by atoms with Crippen LogP contribution in [0.5, 0.6) is 5.75 Å². The zero-order valence-electron chi connectivity index (χ0n) is 15.4. The molecule has 2 aromatic rings. The van der Waals surface area contributed by atoms with Crippen LogP contribution in [-0.4, -0.2) is 22.2 Å². The number of carbonyl (C=O) groups is 2. The van der Waals surface area contributed by atoms with Crippen LogP contribution < -0.4 is 4.74 Å². The molecule has 0 aliphatic carbocycles. The first-order valence-electron chi connectivity index (χ1n) is 8.84. The maximum atomic E-state index is 12.8. The molecule has 146 valence electrons. The summed E-state index contributed by atoms with van der Waals surface area (Å²) >= 11 is 13.3. The van der Waals surface area contributed by atoms with Crippen molar-refractivity contribution in [3.8, 4) is 5.75 Å². The lowest BCUT2D eigenvalue weighted by Gasteiger charge is -2.15. The van der Waals surface area contributed by atoms with Gasteiger partial charge in [-0.15, -0.1) is 0 Å². The van der Waals surface area contributed by atoms with Gasteiger partial charge < -0.3 is 4.74 Å². The fraction of sp³-hybridized carbons (Fsp3) is 0.238. The normalized spacial score (nSPS) is 16.7. The number of hydrogen-bond acceptors (Lipinski definition) is 4. The highest BCUT2D eigenvalue weighted by atomic mass is 35.5. The zero-order chi connectivity index (χ0) is 20.3. The Labute approximate surface area is 178 Å². The molecule has 0 saturated carbocycles. The molecule has 2 amide bonds. The Hall–Kier alpha value is -1.95. The van der Waals surface area contributed by atoms with Gasteiger partial charge in [-0.2, -0.15) is 0 Å². The summed E-state index contributed by atoms with van der Waals surface area (Å²) in [7, 11) is 0. The molecular weight excluding hydrogens is 417 g/mol. The van der Waals surface area contributed by atoms with Crippen LogP contribution in [0.3, 0.4) is 0 Å². The largest absolute Gasteiger partial charge is 0.490 e. The Balaban J connectivity index is 1.86. The molecule has 0 radical (unpaired) electrons. The summed E-state index contributed by atoms with van der Waals surface area (Å²) in [5.41, 5.74) is 1.30. The van der Waals surface area contributed by atoms with E-state index in [-0.39, 0.29) is 23.8 Å². The fourth-order valence-electron chi connectivity index (χ4n) is 2.63. The van der Waals surface area contributed by atoms with Gasteiger partial charge in [0.15, 0.2) is 0 Å². The van der Waals surface area contributed by atoms with E-state index >= 15 is 0 Å². The fourth-order valence-corrected chi connectivity index (χ4v) is 3.97. The topological polar surface area (TPSA) is 46.6 Å². The summed E-state index contributed by atoms with van der Waals surface area (Å²) in [4.78, 5) is 26.8. The number of nitrogens with zero attached hydrogens (tertiary/aromatic N) is 1. The quantitative estimate of drug-likeness (QED) is 0.491. The molecule has 1 fully saturated rings. The van der Waals surface area contributed by atoms with Crippen molar-refractivity contribution < 1.29 is 14.3 Å². The monoisotopic (exact) mass is 435 g/mol. The van der Waals surface area contributed by atoms with E-state index in [1.165, 1.54) is 0 Å². The van der Waals surface area contributed by atoms with E-state index in [1.807, 2.05) is 38.1 Å². The maximum absolute atomic E-state index is 12.8. The van der Waals surface area contributed by atoms with Crippen molar-refractivity contribution in [1.82, 2.24) is 4.90 Å². The van der Waals surface area contributed by atoms with E-state index in [1.54, 1.807) is 24.3 Å². The SMILES string of the molecule is CC[C@H](C)Oc1ccccc1/C=C1/SC(=O)N(Cc2c(Cl)cccc2Cl)C1=O. The van der Waals surface area contributed by atoms with Crippen LogP contribution in [0.4, 0.5) is 4.79 Å².